The summed E-state index contributed by atoms with van der Waals surface area (Å²) >= 11 is 23.2. The minimum Gasteiger partial charge on any atom is -0.421 e. The van der Waals surface area contributed by atoms with Crippen LogP contribution in [0.4, 0.5) is 0 Å². The molecule has 4 N–H and O–H groups in total. The second kappa shape index (κ2) is 13.0. The van der Waals surface area contributed by atoms with Gasteiger partial charge < -0.3 is 9.05 Å². The number of hydrogen-bond acceptors (Lipinski definition) is 4. The normalized spacial score (nSPS) is 15.6. The molecule has 0 amide bonds. The number of fused-ring (bicyclic) bond motifs is 1. The predicted molar refractivity (Wildman–Crippen MR) is 135 cm³/mol. The molecule has 32 heavy (non-hydrogen) atoms. The first-order valence-corrected chi connectivity index (χ1v) is 15.1. The summed E-state index contributed by atoms with van der Waals surface area (Å²) in [5.74, 6) is 1.37. The van der Waals surface area contributed by atoms with Crippen LogP contribution in [0.1, 0.15) is 0 Å². The molecule has 0 saturated carbocycles. The molecule has 0 aliphatic rings. The molecular weight excluding hydrogens is 540 g/mol. The molecule has 14 heteroatoms. The van der Waals surface area contributed by atoms with Crippen LogP contribution < -0.4 is 20.1 Å². The van der Waals surface area contributed by atoms with Gasteiger partial charge in [0.25, 0.3) is 0 Å². The monoisotopic (exact) mass is 564 g/mol. The molecule has 2 aromatic carbocycles. The Balaban J connectivity index is 2.40. The van der Waals surface area contributed by atoms with Gasteiger partial charge in [0, 0.05) is 60.5 Å². The number of alkyl halides is 4. The molecule has 0 radical (unpaired) electrons. The molecule has 8 nitrogen and oxygen atoms in total. The predicted octanol–water partition coefficient (Wildman–Crippen LogP) is 5.29. The number of hydrogen-bond donors (Lipinski definition) is 2. The number of nitrogens with two attached hydrogens (primary N) is 2. The van der Waals surface area contributed by atoms with Gasteiger partial charge in [-0.15, -0.1) is 46.4 Å². The third-order valence-electron chi connectivity index (χ3n) is 4.46. The highest BCUT2D eigenvalue weighted by molar-refractivity contribution is 7.54. The van der Waals surface area contributed by atoms with Gasteiger partial charge >= 0.3 is 15.3 Å². The highest BCUT2D eigenvalue weighted by atomic mass is 35.5. The van der Waals surface area contributed by atoms with Gasteiger partial charge in [-0.3, -0.25) is 0 Å². The third kappa shape index (κ3) is 7.38. The molecule has 2 aromatic rings. The Morgan fingerprint density at radius 3 is 1.25 bits per heavy atom. The zero-order chi connectivity index (χ0) is 23.8. The lowest BCUT2D eigenvalue weighted by Gasteiger charge is -2.28. The van der Waals surface area contributed by atoms with Crippen molar-refractivity contribution in [2.24, 2.45) is 11.0 Å². The van der Waals surface area contributed by atoms with E-state index in [1.807, 2.05) is 0 Å². The molecule has 0 saturated heterocycles. The average molecular weight is 566 g/mol. The Kier molecular flexibility index (Phi) is 11.4. The van der Waals surface area contributed by atoms with E-state index in [2.05, 4.69) is 0 Å². The van der Waals surface area contributed by atoms with Gasteiger partial charge in [-0.05, 0) is 12.1 Å². The maximum absolute atomic E-state index is 13.1. The molecule has 0 fully saturated rings. The quantitative estimate of drug-likeness (QED) is 0.235. The van der Waals surface area contributed by atoms with Crippen LogP contribution in [-0.2, 0) is 9.13 Å². The van der Waals surface area contributed by atoms with Crippen LogP contribution in [0.15, 0.2) is 36.4 Å². The first kappa shape index (κ1) is 28.0. The molecular formula is C18H26Cl4N4O4P2. The van der Waals surface area contributed by atoms with Gasteiger partial charge in [0.05, 0.1) is 0 Å². The van der Waals surface area contributed by atoms with Crippen LogP contribution >= 0.6 is 61.7 Å². The Labute approximate surface area is 208 Å². The standard InChI is InChI=1S/C18H26Cl4N4O4P2/c19-7-11-25(12-8-20)31(23,27)29-17-5-1-3-15-16(17)4-2-6-18(15)30-32(24,28)26(13-9-21)14-10-22/h1-6H,7-14H2,(H2,23,27)(H2,24,28)/t31-,32-/m1/s1. The van der Waals surface area contributed by atoms with Crippen molar-refractivity contribution < 1.29 is 18.2 Å². The first-order chi connectivity index (χ1) is 15.2. The van der Waals surface area contributed by atoms with Gasteiger partial charge in [0.2, 0.25) is 0 Å². The Hall–Kier alpha value is -0.240. The van der Waals surface area contributed by atoms with E-state index in [9.17, 15) is 9.13 Å². The zero-order valence-corrected chi connectivity index (χ0v) is 22.0. The smallest absolute Gasteiger partial charge is 0.390 e. The minimum absolute atomic E-state index is 0.210. The average Bonchev–Trinajstić information content (AvgIpc) is 2.73. The van der Waals surface area contributed by atoms with Gasteiger partial charge in [0.15, 0.2) is 0 Å². The van der Waals surface area contributed by atoms with Crippen LogP contribution in [0.25, 0.3) is 10.8 Å². The van der Waals surface area contributed by atoms with E-state index in [1.54, 1.807) is 36.4 Å². The van der Waals surface area contributed by atoms with E-state index in [0.717, 1.165) is 0 Å². The second-order valence-electron chi connectivity index (χ2n) is 6.58. The summed E-state index contributed by atoms with van der Waals surface area (Å²) in [7, 11) is -7.49. The van der Waals surface area contributed by atoms with Crippen LogP contribution in [-0.4, -0.2) is 59.0 Å². The van der Waals surface area contributed by atoms with Crippen molar-refractivity contribution in [2.75, 3.05) is 49.7 Å². The molecule has 2 rings (SSSR count). The topological polar surface area (TPSA) is 111 Å². The van der Waals surface area contributed by atoms with Crippen molar-refractivity contribution in [2.45, 2.75) is 0 Å². The molecule has 0 aliphatic carbocycles. The number of rotatable bonds is 14. The summed E-state index contributed by atoms with van der Waals surface area (Å²) in [6, 6.07) is 10.1. The van der Waals surface area contributed by atoms with Crippen LogP contribution in [0.5, 0.6) is 11.5 Å². The molecule has 0 unspecified atom stereocenters. The van der Waals surface area contributed by atoms with Crippen LogP contribution in [0, 0.1) is 0 Å². The van der Waals surface area contributed by atoms with Crippen molar-refractivity contribution in [1.82, 2.24) is 9.34 Å². The van der Waals surface area contributed by atoms with Gasteiger partial charge in [-0.1, -0.05) is 24.3 Å². The largest absolute Gasteiger partial charge is 0.421 e. The summed E-state index contributed by atoms with van der Waals surface area (Å²) in [5.41, 5.74) is 12.0. The fraction of sp³-hybridized carbons (Fsp3) is 0.444. The zero-order valence-electron chi connectivity index (χ0n) is 17.2. The summed E-state index contributed by atoms with van der Waals surface area (Å²) in [4.78, 5) is 0. The first-order valence-electron chi connectivity index (χ1n) is 9.63. The molecule has 0 heterocycles. The van der Waals surface area contributed by atoms with Gasteiger partial charge in [-0.25, -0.2) is 29.5 Å². The highest BCUT2D eigenvalue weighted by Gasteiger charge is 2.30. The Bertz CT molecular complexity index is 898. The number of halogens is 4. The molecule has 0 aliphatic heterocycles. The SMILES string of the molecule is N[P@@](=O)(Oc1cccc2c(O[P@@](N)(=O)N(CCCl)CCCl)cccc12)N(CCCl)CCCl. The van der Waals surface area contributed by atoms with Crippen molar-refractivity contribution >= 4 is 72.5 Å². The van der Waals surface area contributed by atoms with Crippen LogP contribution in [0.2, 0.25) is 0 Å². The van der Waals surface area contributed by atoms with E-state index in [1.165, 1.54) is 9.34 Å². The fourth-order valence-corrected chi connectivity index (χ4v) is 6.90. The number of benzene rings is 2. The van der Waals surface area contributed by atoms with E-state index < -0.39 is 15.3 Å². The molecule has 0 spiro atoms. The van der Waals surface area contributed by atoms with Crippen molar-refractivity contribution in [3.05, 3.63) is 36.4 Å². The Morgan fingerprint density at radius 2 is 0.969 bits per heavy atom. The molecule has 0 bridgehead atoms. The fourth-order valence-electron chi connectivity index (χ4n) is 2.98. The Morgan fingerprint density at radius 1 is 0.656 bits per heavy atom. The van der Waals surface area contributed by atoms with Crippen molar-refractivity contribution in [3.8, 4) is 11.5 Å². The van der Waals surface area contributed by atoms with Gasteiger partial charge in [0.1, 0.15) is 11.5 Å². The summed E-state index contributed by atoms with van der Waals surface area (Å²) in [6.07, 6.45) is 0. The molecule has 180 valence electrons. The van der Waals surface area contributed by atoms with Crippen molar-refractivity contribution in [1.29, 1.82) is 0 Å². The lowest BCUT2D eigenvalue weighted by molar-refractivity contribution is 0.372. The lowest BCUT2D eigenvalue weighted by atomic mass is 10.1. The van der Waals surface area contributed by atoms with Crippen molar-refractivity contribution in [3.63, 3.8) is 0 Å². The van der Waals surface area contributed by atoms with E-state index in [0.29, 0.717) is 10.8 Å². The summed E-state index contributed by atoms with van der Waals surface area (Å²) in [6.45, 7) is 0.978. The molecule has 0 aromatic heterocycles. The minimum atomic E-state index is -3.75. The van der Waals surface area contributed by atoms with E-state index in [4.69, 9.17) is 66.5 Å². The van der Waals surface area contributed by atoms with E-state index >= 15 is 0 Å². The molecule has 2 atom stereocenters. The summed E-state index contributed by atoms with van der Waals surface area (Å²) < 4.78 is 40.5. The lowest BCUT2D eigenvalue weighted by Crippen LogP contribution is -2.31. The third-order valence-corrected chi connectivity index (χ3v) is 8.43. The maximum atomic E-state index is 13.1. The van der Waals surface area contributed by atoms with Gasteiger partial charge in [-0.2, -0.15) is 0 Å². The van der Waals surface area contributed by atoms with Crippen LogP contribution in [0.3, 0.4) is 0 Å². The summed E-state index contributed by atoms with van der Waals surface area (Å²) in [5, 5.41) is 1.10. The second-order valence-corrected chi connectivity index (χ2v) is 11.8. The maximum Gasteiger partial charge on any atom is 0.390 e. The highest BCUT2D eigenvalue weighted by Crippen LogP contribution is 2.48. The number of nitrogens with zero attached hydrogens (tertiary/aromatic N) is 2. The van der Waals surface area contributed by atoms with E-state index in [-0.39, 0.29) is 61.2 Å².